The molecule has 352 valence electrons. The monoisotopic (exact) mass is 910 g/mol. The van der Waals surface area contributed by atoms with Gasteiger partial charge in [-0.3, -0.25) is 24.0 Å². The second-order valence-electron chi connectivity index (χ2n) is 18.3. The Bertz CT molecular complexity index is 2580. The van der Waals surface area contributed by atoms with Gasteiger partial charge in [0.05, 0.1) is 29.1 Å². The fourth-order valence-corrected chi connectivity index (χ4v) is 9.85. The van der Waals surface area contributed by atoms with Crippen molar-refractivity contribution in [3.05, 3.63) is 93.8 Å². The number of benzene rings is 3. The van der Waals surface area contributed by atoms with Gasteiger partial charge in [0, 0.05) is 74.3 Å². The number of Topliss-reactive ketones (excluding diaryl/α,β-unsaturated/α-hetero) is 3. The molecule has 1 saturated carbocycles. The van der Waals surface area contributed by atoms with Crippen molar-refractivity contribution in [2.45, 2.75) is 102 Å². The highest BCUT2D eigenvalue weighted by Gasteiger charge is 2.48. The molecule has 3 aliphatic rings. The fourth-order valence-electron chi connectivity index (χ4n) is 9.85. The first-order chi connectivity index (χ1) is 32.2. The van der Waals surface area contributed by atoms with Crippen LogP contribution in [0.5, 0.6) is 11.5 Å². The van der Waals surface area contributed by atoms with E-state index in [2.05, 4.69) is 23.5 Å². The molecule has 7 N–H and O–H groups in total. The van der Waals surface area contributed by atoms with Crippen molar-refractivity contribution < 1.29 is 33.4 Å². The molecule has 3 aromatic carbocycles. The molecule has 0 radical (unpaired) electrons. The van der Waals surface area contributed by atoms with E-state index in [1.165, 1.54) is 42.3 Å². The summed E-state index contributed by atoms with van der Waals surface area (Å²) in [6, 6.07) is 16.8. The van der Waals surface area contributed by atoms with Crippen LogP contribution in [-0.4, -0.2) is 90.0 Å². The summed E-state index contributed by atoms with van der Waals surface area (Å²) in [6.45, 7) is 6.02. The Morgan fingerprint density at radius 3 is 2.21 bits per heavy atom. The molecule has 7 rings (SSSR count). The topological polar surface area (TPSA) is 247 Å². The molecule has 4 aromatic rings. The average molecular weight is 911 g/mol. The molecule has 4 bridgehead atoms. The summed E-state index contributed by atoms with van der Waals surface area (Å²) in [4.78, 5) is 82.2. The predicted molar refractivity (Wildman–Crippen MR) is 253 cm³/mol. The zero-order valence-electron chi connectivity index (χ0n) is 39.0. The maximum atomic E-state index is 14.9. The van der Waals surface area contributed by atoms with Crippen LogP contribution in [0.15, 0.2) is 54.6 Å². The summed E-state index contributed by atoms with van der Waals surface area (Å²) in [5.74, 6) is -2.55. The number of nitrogens with zero attached hydrogens (tertiary/aromatic N) is 4. The lowest BCUT2D eigenvalue weighted by Gasteiger charge is -2.32. The van der Waals surface area contributed by atoms with E-state index >= 15 is 0 Å². The average Bonchev–Trinajstić information content (AvgIpc) is 4.02. The number of fused-ring (bicyclic) bond motifs is 7. The van der Waals surface area contributed by atoms with E-state index in [0.29, 0.717) is 61.9 Å². The van der Waals surface area contributed by atoms with Crippen LogP contribution in [0.3, 0.4) is 0 Å². The molecule has 15 heteroatoms. The molecule has 1 aliphatic heterocycles. The van der Waals surface area contributed by atoms with Crippen LogP contribution < -0.4 is 32.0 Å². The Morgan fingerprint density at radius 1 is 0.896 bits per heavy atom. The maximum absolute atomic E-state index is 14.9. The van der Waals surface area contributed by atoms with Gasteiger partial charge < -0.3 is 36.9 Å². The Labute approximate surface area is 392 Å². The number of rotatable bonds is 17. The van der Waals surface area contributed by atoms with Gasteiger partial charge in [0.25, 0.3) is 0 Å². The molecule has 1 spiro atoms. The van der Waals surface area contributed by atoms with Crippen LogP contribution in [-0.2, 0) is 37.4 Å². The number of ether oxygens (including phenoxy) is 2. The number of carbonyl (C=O) groups is 5. The Balaban J connectivity index is 1.24. The van der Waals surface area contributed by atoms with E-state index in [1.54, 1.807) is 51.1 Å². The fraction of sp³-hybridized carbons (Fsp3) is 0.462. The van der Waals surface area contributed by atoms with Gasteiger partial charge in [0.1, 0.15) is 30.8 Å². The van der Waals surface area contributed by atoms with Crippen LogP contribution in [0.25, 0.3) is 22.5 Å². The standard InChI is InChI=1S/C52H62N8O7/c1-30-24-44(63)48(35-9-12-46(67-23-21-56)39(28-35)38-25-33(7-11-45(38)66-22-20-55)26-41(59-50(30)64)42(61)6-5-18-53)60(4)51(65)37(14-19-54)29-43(62)47-31(2)57-49(58-32(47)3)36-8-10-40-34(27-36)13-15-52(40)16-17-52/h7-12,25,27-28,30,37,41,48H,5-6,13-17,19-24,26,29,54-56H2,1-4H3,(H,59,64)/t30-,37-,41+,48+/m1/s1. The third kappa shape index (κ3) is 10.6. The van der Waals surface area contributed by atoms with Gasteiger partial charge >= 0.3 is 0 Å². The number of nitrogens with one attached hydrogen (secondary N) is 1. The summed E-state index contributed by atoms with van der Waals surface area (Å²) >= 11 is 0. The van der Waals surface area contributed by atoms with E-state index in [-0.39, 0.29) is 82.9 Å². The van der Waals surface area contributed by atoms with Crippen molar-refractivity contribution in [1.29, 1.82) is 5.26 Å². The highest BCUT2D eigenvalue weighted by atomic mass is 16.5. The van der Waals surface area contributed by atoms with E-state index in [4.69, 9.17) is 36.6 Å². The van der Waals surface area contributed by atoms with Gasteiger partial charge in [0.2, 0.25) is 11.8 Å². The molecule has 1 fully saturated rings. The number of nitriles is 1. The first-order valence-electron chi connectivity index (χ1n) is 23.4. The minimum atomic E-state index is -1.23. The number of amides is 2. The molecule has 0 unspecified atom stereocenters. The number of likely N-dealkylation sites (N-methyl/N-ethyl adjacent to an activating group) is 1. The molecule has 15 nitrogen and oxygen atoms in total. The Hall–Kier alpha value is -6.34. The first-order valence-corrected chi connectivity index (χ1v) is 23.4. The van der Waals surface area contributed by atoms with Crippen molar-refractivity contribution in [2.24, 2.45) is 29.0 Å². The van der Waals surface area contributed by atoms with Crippen LogP contribution in [0.2, 0.25) is 0 Å². The highest BCUT2D eigenvalue weighted by Crippen LogP contribution is 2.57. The van der Waals surface area contributed by atoms with Crippen molar-refractivity contribution in [3.63, 3.8) is 0 Å². The van der Waals surface area contributed by atoms with Gasteiger partial charge in [0.15, 0.2) is 23.2 Å². The van der Waals surface area contributed by atoms with Crippen LogP contribution >= 0.6 is 0 Å². The van der Waals surface area contributed by atoms with E-state index in [1.807, 2.05) is 12.1 Å². The van der Waals surface area contributed by atoms with Crippen molar-refractivity contribution in [1.82, 2.24) is 20.2 Å². The number of aryl methyl sites for hydroxylation is 3. The Kier molecular flexibility index (Phi) is 15.3. The number of carbonyl (C=O) groups excluding carboxylic acids is 5. The van der Waals surface area contributed by atoms with Gasteiger partial charge in [-0.25, -0.2) is 9.97 Å². The lowest BCUT2D eigenvalue weighted by atomic mass is 9.88. The number of hydrogen-bond acceptors (Lipinski definition) is 13. The van der Waals surface area contributed by atoms with Crippen molar-refractivity contribution in [2.75, 3.05) is 39.9 Å². The minimum absolute atomic E-state index is 0.0287. The minimum Gasteiger partial charge on any atom is -0.492 e. The van der Waals surface area contributed by atoms with Crippen molar-refractivity contribution >= 4 is 29.2 Å². The second kappa shape index (κ2) is 21.1. The van der Waals surface area contributed by atoms with Gasteiger partial charge in [-0.2, -0.15) is 5.26 Å². The summed E-state index contributed by atoms with van der Waals surface area (Å²) in [5, 5.41) is 12.1. The van der Waals surface area contributed by atoms with E-state index in [9.17, 15) is 29.2 Å². The maximum Gasteiger partial charge on any atom is 0.226 e. The summed E-state index contributed by atoms with van der Waals surface area (Å²) in [6.07, 6.45) is 4.32. The van der Waals surface area contributed by atoms with Crippen molar-refractivity contribution in [3.8, 4) is 40.1 Å². The van der Waals surface area contributed by atoms with Gasteiger partial charge in [-0.1, -0.05) is 31.2 Å². The van der Waals surface area contributed by atoms with Gasteiger partial charge in [-0.05, 0) is 117 Å². The molecule has 4 atom stereocenters. The first kappa shape index (κ1) is 48.6. The molecular formula is C52H62N8O7. The summed E-state index contributed by atoms with van der Waals surface area (Å²) < 4.78 is 12.3. The van der Waals surface area contributed by atoms with E-state index < -0.39 is 41.5 Å². The summed E-state index contributed by atoms with van der Waals surface area (Å²) in [5.41, 5.74) is 25.4. The highest BCUT2D eigenvalue weighted by molar-refractivity contribution is 6.01. The number of aromatic nitrogens is 2. The summed E-state index contributed by atoms with van der Waals surface area (Å²) in [7, 11) is 1.52. The third-order valence-corrected chi connectivity index (χ3v) is 13.5. The normalized spacial score (nSPS) is 18.8. The molecule has 2 amide bonds. The van der Waals surface area contributed by atoms with Crippen LogP contribution in [0.1, 0.15) is 108 Å². The smallest absolute Gasteiger partial charge is 0.226 e. The van der Waals surface area contributed by atoms with Crippen LogP contribution in [0, 0.1) is 37.0 Å². The molecule has 1 aromatic heterocycles. The van der Waals surface area contributed by atoms with Gasteiger partial charge in [-0.15, -0.1) is 0 Å². The van der Waals surface area contributed by atoms with E-state index in [0.717, 1.165) is 12.0 Å². The molecule has 2 aliphatic carbocycles. The lowest BCUT2D eigenvalue weighted by Crippen LogP contribution is -2.46. The third-order valence-electron chi connectivity index (χ3n) is 13.5. The lowest BCUT2D eigenvalue weighted by molar-refractivity contribution is -0.142. The number of hydrogen-bond donors (Lipinski definition) is 4. The predicted octanol–water partition coefficient (Wildman–Crippen LogP) is 5.33. The SMILES string of the molecule is Cc1nc(-c2ccc3c(c2)CCC32CC2)nc(C)c1C(=O)C[C@@H](CCN)C(=O)N(C)[C@@H]1C(=O)C[C@@H](C)C(=O)N[C@H](C(=O)CCC#N)Cc2ccc(OCCN)c(c2)-c2cc1ccc2OCCN. The molecule has 2 heterocycles. The van der Waals surface area contributed by atoms with Crippen LogP contribution in [0.4, 0.5) is 0 Å². The Morgan fingerprint density at radius 2 is 1.57 bits per heavy atom. The molecular weight excluding hydrogens is 849 g/mol. The molecule has 67 heavy (non-hydrogen) atoms. The largest absolute Gasteiger partial charge is 0.492 e. The number of nitrogens with two attached hydrogens (primary N) is 3. The quantitative estimate of drug-likeness (QED) is 0.0981. The number of ketones is 3. The second-order valence-corrected chi connectivity index (χ2v) is 18.3. The zero-order chi connectivity index (χ0) is 48.0. The molecule has 0 saturated heterocycles. The zero-order valence-corrected chi connectivity index (χ0v) is 39.0.